The summed E-state index contributed by atoms with van der Waals surface area (Å²) in [6.45, 7) is 11.9. The Hall–Kier alpha value is -2.90. The van der Waals surface area contributed by atoms with Crippen LogP contribution in [0, 0.1) is 39.9 Å². The number of fused-ring (bicyclic) bond motifs is 5. The van der Waals surface area contributed by atoms with Crippen molar-refractivity contribution in [1.82, 2.24) is 0 Å². The van der Waals surface area contributed by atoms with Gasteiger partial charge in [0.2, 0.25) is 0 Å². The Morgan fingerprint density at radius 2 is 1.90 bits per heavy atom. The smallest absolute Gasteiger partial charge is 0.310 e. The molecule has 1 aromatic rings. The molecule has 8 nitrogen and oxygen atoms in total. The normalized spacial score (nSPS) is 37.1. The molecule has 40 heavy (non-hydrogen) atoms. The van der Waals surface area contributed by atoms with Crippen molar-refractivity contribution in [3.63, 3.8) is 0 Å². The highest BCUT2D eigenvalue weighted by molar-refractivity contribution is 5.92. The van der Waals surface area contributed by atoms with E-state index >= 15 is 0 Å². The van der Waals surface area contributed by atoms with Crippen LogP contribution in [0.25, 0.3) is 0 Å². The molecule has 0 unspecified atom stereocenters. The summed E-state index contributed by atoms with van der Waals surface area (Å²) in [6.07, 6.45) is 4.74. The number of ketones is 1. The highest BCUT2D eigenvalue weighted by Gasteiger charge is 2.68. The Balaban J connectivity index is 1.67. The second-order valence-corrected chi connectivity index (χ2v) is 13.4. The molecule has 2 heterocycles. The van der Waals surface area contributed by atoms with Gasteiger partial charge < -0.3 is 18.6 Å². The maximum atomic E-state index is 14.5. The molecule has 2 saturated carbocycles. The predicted octanol–water partition coefficient (Wildman–Crippen LogP) is 5.75. The minimum absolute atomic E-state index is 0.0467. The molecule has 1 aliphatic heterocycles. The number of carbonyl (C=O) groups excluding carboxylic acids is 4. The number of Topliss-reactive ketones (excluding diaryl/α,β-unsaturated/α-hetero) is 1. The Labute approximate surface area is 236 Å². The highest BCUT2D eigenvalue weighted by Crippen LogP contribution is 2.68. The third-order valence-electron chi connectivity index (χ3n) is 11.1. The highest BCUT2D eigenvalue weighted by atomic mass is 16.6. The van der Waals surface area contributed by atoms with Crippen molar-refractivity contribution in [2.75, 3.05) is 7.11 Å². The molecular formula is C32H42O8. The number of ether oxygens (including phenoxy) is 3. The largest absolute Gasteiger partial charge is 0.472 e. The first-order chi connectivity index (χ1) is 18.8. The van der Waals surface area contributed by atoms with E-state index in [-0.39, 0.29) is 48.4 Å². The summed E-state index contributed by atoms with van der Waals surface area (Å²) in [5, 5.41) is 0. The van der Waals surface area contributed by atoms with Crippen LogP contribution in [0.3, 0.4) is 0 Å². The lowest BCUT2D eigenvalue weighted by atomic mass is 9.40. The first-order valence-electron chi connectivity index (χ1n) is 14.6. The van der Waals surface area contributed by atoms with Gasteiger partial charge >= 0.3 is 17.9 Å². The number of rotatable bonds is 6. The Morgan fingerprint density at radius 1 is 1.18 bits per heavy atom. The number of carbonyl (C=O) groups is 4. The summed E-state index contributed by atoms with van der Waals surface area (Å²) in [4.78, 5) is 53.4. The van der Waals surface area contributed by atoms with Gasteiger partial charge in [-0.25, -0.2) is 0 Å². The van der Waals surface area contributed by atoms with Crippen molar-refractivity contribution in [1.29, 1.82) is 0 Å². The molecule has 0 radical (unpaired) electrons. The van der Waals surface area contributed by atoms with Gasteiger partial charge in [0, 0.05) is 28.2 Å². The zero-order valence-electron chi connectivity index (χ0n) is 24.7. The lowest BCUT2D eigenvalue weighted by Gasteiger charge is -2.63. The van der Waals surface area contributed by atoms with Gasteiger partial charge in [-0.3, -0.25) is 19.2 Å². The van der Waals surface area contributed by atoms with Crippen molar-refractivity contribution >= 4 is 23.7 Å². The van der Waals surface area contributed by atoms with Crippen LogP contribution in [0.2, 0.25) is 0 Å². The molecule has 3 fully saturated rings. The summed E-state index contributed by atoms with van der Waals surface area (Å²) in [5.41, 5.74) is 0.947. The summed E-state index contributed by atoms with van der Waals surface area (Å²) >= 11 is 0. The molecular weight excluding hydrogens is 512 g/mol. The molecule has 2 bridgehead atoms. The van der Waals surface area contributed by atoms with Gasteiger partial charge in [0.05, 0.1) is 37.9 Å². The molecule has 3 aliphatic carbocycles. The fourth-order valence-electron chi connectivity index (χ4n) is 8.60. The molecule has 0 spiro atoms. The number of furan rings is 1. The van der Waals surface area contributed by atoms with Crippen molar-refractivity contribution in [3.05, 3.63) is 35.3 Å². The van der Waals surface area contributed by atoms with Crippen LogP contribution in [0.5, 0.6) is 0 Å². The van der Waals surface area contributed by atoms with E-state index in [9.17, 15) is 19.2 Å². The van der Waals surface area contributed by atoms with Gasteiger partial charge in [0.15, 0.2) is 0 Å². The SMILES string of the molecule is CC[C@@H](C)C(=O)O[C@@H]1[C@H]2CC3=C4CC(=O)O[C@H](c5ccoc5)[C@]4(C)CC[C@@H]3[C@@](C)(C2=O)[C@H](CC(=O)OC)C1(C)C. The van der Waals surface area contributed by atoms with E-state index in [1.807, 2.05) is 40.7 Å². The molecule has 1 saturated heterocycles. The van der Waals surface area contributed by atoms with Crippen LogP contribution in [0.15, 0.2) is 34.2 Å². The molecule has 1 aromatic heterocycles. The molecule has 5 rings (SSSR count). The lowest BCUT2D eigenvalue weighted by molar-refractivity contribution is -0.200. The van der Waals surface area contributed by atoms with Crippen LogP contribution < -0.4 is 0 Å². The van der Waals surface area contributed by atoms with Crippen LogP contribution in [0.4, 0.5) is 0 Å². The third-order valence-corrected chi connectivity index (χ3v) is 11.1. The van der Waals surface area contributed by atoms with E-state index in [0.717, 1.165) is 29.6 Å². The quantitative estimate of drug-likeness (QED) is 0.248. The lowest BCUT2D eigenvalue weighted by Crippen LogP contribution is -2.66. The zero-order valence-corrected chi connectivity index (χ0v) is 24.7. The first kappa shape index (κ1) is 28.6. The van der Waals surface area contributed by atoms with E-state index < -0.39 is 40.3 Å². The summed E-state index contributed by atoms with van der Waals surface area (Å²) in [5.74, 6) is -2.39. The number of hydrogen-bond acceptors (Lipinski definition) is 8. The van der Waals surface area contributed by atoms with Gasteiger partial charge in [-0.15, -0.1) is 0 Å². The number of allylic oxidation sites excluding steroid dienone is 1. The average Bonchev–Trinajstić information content (AvgIpc) is 3.45. The number of hydrogen-bond donors (Lipinski definition) is 0. The monoisotopic (exact) mass is 554 g/mol. The van der Waals surface area contributed by atoms with Gasteiger partial charge in [-0.2, -0.15) is 0 Å². The molecule has 0 aromatic carbocycles. The van der Waals surface area contributed by atoms with E-state index in [0.29, 0.717) is 12.8 Å². The zero-order chi connectivity index (χ0) is 29.2. The second-order valence-electron chi connectivity index (χ2n) is 13.4. The maximum Gasteiger partial charge on any atom is 0.310 e. The average molecular weight is 555 g/mol. The summed E-state index contributed by atoms with van der Waals surface area (Å²) in [7, 11) is 1.36. The third kappa shape index (κ3) is 4.07. The molecule has 8 atom stereocenters. The Morgan fingerprint density at radius 3 is 2.52 bits per heavy atom. The van der Waals surface area contributed by atoms with Crippen LogP contribution in [0.1, 0.15) is 91.7 Å². The van der Waals surface area contributed by atoms with Gasteiger partial charge in [0.1, 0.15) is 18.0 Å². The van der Waals surface area contributed by atoms with Crippen LogP contribution >= 0.6 is 0 Å². The van der Waals surface area contributed by atoms with Gasteiger partial charge in [-0.05, 0) is 49.2 Å². The molecule has 218 valence electrons. The standard InChI is InChI=1S/C32H42O8/c1-8-17(2)29(36)40-28-20-13-19-21(32(6,26(20)35)23(30(28,3)4)15-24(33)37-7)9-11-31(5)22(19)14-25(34)39-27(31)18-10-12-38-16-18/h10,12,16-17,20-21,23,27-28H,8-9,11,13-15H2,1-7H3/t17-,20+,21+,23-,27-,28-,31-,32-/m1/s1. The fraction of sp³-hybridized carbons (Fsp3) is 0.688. The van der Waals surface area contributed by atoms with E-state index in [2.05, 4.69) is 6.92 Å². The van der Waals surface area contributed by atoms with Gasteiger partial charge in [0.25, 0.3) is 0 Å². The second kappa shape index (κ2) is 9.88. The van der Waals surface area contributed by atoms with Crippen molar-refractivity contribution in [3.8, 4) is 0 Å². The van der Waals surface area contributed by atoms with Crippen LogP contribution in [-0.4, -0.2) is 36.9 Å². The Bertz CT molecular complexity index is 1240. The first-order valence-corrected chi connectivity index (χ1v) is 14.6. The number of esters is 3. The fourth-order valence-corrected chi connectivity index (χ4v) is 8.60. The van der Waals surface area contributed by atoms with Crippen molar-refractivity contribution < 1.29 is 37.8 Å². The molecule has 0 amide bonds. The number of methoxy groups -OCH3 is 1. The Kier molecular flexibility index (Phi) is 7.07. The maximum absolute atomic E-state index is 14.5. The molecule has 0 N–H and O–H groups in total. The summed E-state index contributed by atoms with van der Waals surface area (Å²) in [6, 6.07) is 1.84. The van der Waals surface area contributed by atoms with E-state index in [4.69, 9.17) is 18.6 Å². The topological polar surface area (TPSA) is 109 Å². The summed E-state index contributed by atoms with van der Waals surface area (Å²) < 4.78 is 22.6. The predicted molar refractivity (Wildman–Crippen MR) is 144 cm³/mol. The van der Waals surface area contributed by atoms with Crippen LogP contribution in [-0.2, 0) is 33.4 Å². The number of cyclic esters (lactones) is 1. The van der Waals surface area contributed by atoms with Gasteiger partial charge in [-0.1, -0.05) is 47.1 Å². The van der Waals surface area contributed by atoms with Crippen molar-refractivity contribution in [2.24, 2.45) is 39.9 Å². The molecule has 8 heteroatoms. The minimum Gasteiger partial charge on any atom is -0.472 e. The van der Waals surface area contributed by atoms with Crippen molar-refractivity contribution in [2.45, 2.75) is 92.3 Å². The molecule has 4 aliphatic rings. The van der Waals surface area contributed by atoms with E-state index in [1.54, 1.807) is 12.5 Å². The minimum atomic E-state index is -0.879. The van der Waals surface area contributed by atoms with E-state index in [1.165, 1.54) is 7.11 Å².